The molecule has 2 aliphatic carbocycles. The Balaban J connectivity index is 2.11. The topological polar surface area (TPSA) is 78.1 Å². The Morgan fingerprint density at radius 3 is 2.47 bits per heavy atom. The van der Waals surface area contributed by atoms with Crippen LogP contribution in [-0.2, 0) is 0 Å². The van der Waals surface area contributed by atoms with Crippen LogP contribution >= 0.6 is 0 Å². The van der Waals surface area contributed by atoms with Crippen molar-refractivity contribution in [3.63, 3.8) is 0 Å². The molecule has 3 unspecified atom stereocenters. The van der Waals surface area contributed by atoms with Gasteiger partial charge in [-0.3, -0.25) is 0 Å². The Kier molecular flexibility index (Phi) is 8.77. The van der Waals surface area contributed by atoms with Crippen molar-refractivity contribution in [1.29, 1.82) is 0 Å². The summed E-state index contributed by atoms with van der Waals surface area (Å²) in [5.74, 6) is 0. The van der Waals surface area contributed by atoms with E-state index in [9.17, 15) is 0 Å². The molecule has 0 aliphatic heterocycles. The van der Waals surface area contributed by atoms with Crippen molar-refractivity contribution in [3.8, 4) is 0 Å². The lowest BCUT2D eigenvalue weighted by Crippen LogP contribution is -2.24. The minimum Gasteiger partial charge on any atom is -0.399 e. The number of rotatable bonds is 9. The Morgan fingerprint density at radius 1 is 0.969 bits per heavy atom. The van der Waals surface area contributed by atoms with Gasteiger partial charge in [0, 0.05) is 33.3 Å². The van der Waals surface area contributed by atoms with Crippen molar-refractivity contribution < 1.29 is 0 Å². The first-order valence-corrected chi connectivity index (χ1v) is 11.6. The number of allylic oxidation sites excluding steroid dienone is 15. The molecule has 0 saturated carbocycles. The van der Waals surface area contributed by atoms with Crippen LogP contribution in [0, 0.1) is 16.2 Å². The van der Waals surface area contributed by atoms with Crippen LogP contribution in [-0.4, -0.2) is 0 Å². The van der Waals surface area contributed by atoms with Gasteiger partial charge in [-0.25, -0.2) is 0 Å². The molecule has 172 valence electrons. The summed E-state index contributed by atoms with van der Waals surface area (Å²) in [6.45, 7) is 8.83. The summed E-state index contributed by atoms with van der Waals surface area (Å²) in [6, 6.07) is 0. The molecule has 6 N–H and O–H groups in total. The maximum atomic E-state index is 6.45. The second kappa shape index (κ2) is 11.1. The van der Waals surface area contributed by atoms with E-state index in [1.54, 1.807) is 0 Å². The van der Waals surface area contributed by atoms with Gasteiger partial charge in [-0.1, -0.05) is 94.5 Å². The van der Waals surface area contributed by atoms with E-state index < -0.39 is 0 Å². The average Bonchev–Trinajstić information content (AvgIpc) is 2.98. The summed E-state index contributed by atoms with van der Waals surface area (Å²) in [5.41, 5.74) is 20.5. The fourth-order valence-corrected chi connectivity index (χ4v) is 4.38. The first-order valence-electron chi connectivity index (χ1n) is 11.6. The van der Waals surface area contributed by atoms with Crippen molar-refractivity contribution in [3.05, 3.63) is 108 Å². The van der Waals surface area contributed by atoms with Gasteiger partial charge in [0.05, 0.1) is 0 Å². The van der Waals surface area contributed by atoms with E-state index in [0.29, 0.717) is 0 Å². The molecule has 2 rings (SSSR count). The second-order valence-electron chi connectivity index (χ2n) is 9.81. The molecule has 0 bridgehead atoms. The van der Waals surface area contributed by atoms with Crippen LogP contribution in [0.1, 0.15) is 53.4 Å². The van der Waals surface area contributed by atoms with Gasteiger partial charge in [-0.15, -0.1) is 0 Å². The molecule has 0 radical (unpaired) electrons. The fourth-order valence-electron chi connectivity index (χ4n) is 4.38. The molecule has 2 aliphatic rings. The van der Waals surface area contributed by atoms with Gasteiger partial charge in [0.2, 0.25) is 0 Å². The van der Waals surface area contributed by atoms with Crippen LogP contribution in [0.25, 0.3) is 0 Å². The highest BCUT2D eigenvalue weighted by Crippen LogP contribution is 2.40. The van der Waals surface area contributed by atoms with E-state index in [4.69, 9.17) is 17.2 Å². The first kappa shape index (κ1) is 25.3. The normalized spacial score (nSPS) is 27.9. The molecule has 0 amide bonds. The Hall–Kier alpha value is -2.94. The van der Waals surface area contributed by atoms with Crippen LogP contribution < -0.4 is 17.2 Å². The standard InChI is InChI=1S/C29H41N3/c1-5-6-16-28(3,23-29(4)18-10-8-13-26(32)22-29)21-25(31)12-7-9-17-27(2)19-11-14-24(30)15-20-27/h6-8,10-16,18-22H,5,9,17,23,30-32H2,1-4H3/b12-7-,16-6-,25-21+. The van der Waals surface area contributed by atoms with E-state index in [-0.39, 0.29) is 16.2 Å². The predicted octanol–water partition coefficient (Wildman–Crippen LogP) is 6.48. The molecule has 0 aromatic heterocycles. The average molecular weight is 432 g/mol. The third-order valence-electron chi connectivity index (χ3n) is 5.95. The van der Waals surface area contributed by atoms with Gasteiger partial charge in [0.1, 0.15) is 0 Å². The molecular formula is C29H41N3. The lowest BCUT2D eigenvalue weighted by Gasteiger charge is -2.33. The van der Waals surface area contributed by atoms with Gasteiger partial charge >= 0.3 is 0 Å². The molecule has 0 spiro atoms. The van der Waals surface area contributed by atoms with Gasteiger partial charge < -0.3 is 17.2 Å². The fraction of sp³-hybridized carbons (Fsp3) is 0.379. The zero-order valence-electron chi connectivity index (χ0n) is 20.2. The van der Waals surface area contributed by atoms with Crippen LogP contribution in [0.5, 0.6) is 0 Å². The largest absolute Gasteiger partial charge is 0.399 e. The molecule has 0 aromatic rings. The molecular weight excluding hydrogens is 390 g/mol. The SMILES string of the molecule is CC/C=C\C(C)(/C=C(N)\C=C/CCC1(C)C=CC=C(N)C=C1)CC1(C)C=CC=CC(N)=C1. The minimum atomic E-state index is -0.188. The molecule has 3 heteroatoms. The van der Waals surface area contributed by atoms with Gasteiger partial charge in [-0.05, 0) is 50.0 Å². The number of hydrogen-bond acceptors (Lipinski definition) is 3. The lowest BCUT2D eigenvalue weighted by atomic mass is 9.71. The Bertz CT molecular complexity index is 922. The highest BCUT2D eigenvalue weighted by Gasteiger charge is 2.30. The Morgan fingerprint density at radius 2 is 1.72 bits per heavy atom. The van der Waals surface area contributed by atoms with Crippen molar-refractivity contribution in [2.24, 2.45) is 33.4 Å². The predicted molar refractivity (Wildman–Crippen MR) is 140 cm³/mol. The van der Waals surface area contributed by atoms with Gasteiger partial charge in [-0.2, -0.15) is 0 Å². The molecule has 3 nitrogen and oxygen atoms in total. The van der Waals surface area contributed by atoms with Crippen LogP contribution in [0.15, 0.2) is 108 Å². The molecule has 3 atom stereocenters. The summed E-state index contributed by atoms with van der Waals surface area (Å²) in [6.07, 6.45) is 35.4. The number of hydrogen-bond donors (Lipinski definition) is 3. The van der Waals surface area contributed by atoms with E-state index >= 15 is 0 Å². The monoisotopic (exact) mass is 431 g/mol. The summed E-state index contributed by atoms with van der Waals surface area (Å²) < 4.78 is 0. The van der Waals surface area contributed by atoms with Gasteiger partial charge in [0.25, 0.3) is 0 Å². The van der Waals surface area contributed by atoms with E-state index in [1.807, 2.05) is 36.5 Å². The Labute approximate surface area is 195 Å². The zero-order chi connectivity index (χ0) is 23.7. The summed E-state index contributed by atoms with van der Waals surface area (Å²) in [7, 11) is 0. The van der Waals surface area contributed by atoms with Gasteiger partial charge in [0.15, 0.2) is 0 Å². The van der Waals surface area contributed by atoms with Crippen molar-refractivity contribution in [2.45, 2.75) is 53.4 Å². The molecule has 0 heterocycles. The molecule has 32 heavy (non-hydrogen) atoms. The highest BCUT2D eigenvalue weighted by molar-refractivity contribution is 5.32. The summed E-state index contributed by atoms with van der Waals surface area (Å²) >= 11 is 0. The van der Waals surface area contributed by atoms with E-state index in [1.165, 1.54) is 0 Å². The summed E-state index contributed by atoms with van der Waals surface area (Å²) in [5, 5.41) is 0. The van der Waals surface area contributed by atoms with Crippen LogP contribution in [0.3, 0.4) is 0 Å². The van der Waals surface area contributed by atoms with E-state index in [2.05, 4.69) is 82.4 Å². The molecule has 0 fully saturated rings. The van der Waals surface area contributed by atoms with E-state index in [0.717, 1.165) is 42.8 Å². The third kappa shape index (κ3) is 8.30. The minimum absolute atomic E-state index is 0.000463. The first-order chi connectivity index (χ1) is 15.1. The number of nitrogens with two attached hydrogens (primary N) is 3. The van der Waals surface area contributed by atoms with Crippen LogP contribution in [0.2, 0.25) is 0 Å². The maximum Gasteiger partial charge on any atom is 0.0310 e. The zero-order valence-corrected chi connectivity index (χ0v) is 20.2. The highest BCUT2D eigenvalue weighted by atomic mass is 14.6. The van der Waals surface area contributed by atoms with Crippen molar-refractivity contribution in [1.82, 2.24) is 0 Å². The van der Waals surface area contributed by atoms with Crippen molar-refractivity contribution in [2.75, 3.05) is 0 Å². The summed E-state index contributed by atoms with van der Waals surface area (Å²) in [4.78, 5) is 0. The van der Waals surface area contributed by atoms with Crippen LogP contribution in [0.4, 0.5) is 0 Å². The molecule has 0 saturated heterocycles. The maximum absolute atomic E-state index is 6.45. The smallest absolute Gasteiger partial charge is 0.0310 e. The molecule has 0 aromatic carbocycles. The second-order valence-corrected chi connectivity index (χ2v) is 9.81. The third-order valence-corrected chi connectivity index (χ3v) is 5.95. The van der Waals surface area contributed by atoms with Crippen molar-refractivity contribution >= 4 is 0 Å². The quantitative estimate of drug-likeness (QED) is 0.289. The lowest BCUT2D eigenvalue weighted by molar-refractivity contribution is 0.359.